The normalized spacial score (nSPS) is 14.1. The summed E-state index contributed by atoms with van der Waals surface area (Å²) in [6.45, 7) is 2.80. The minimum absolute atomic E-state index is 0.102. The van der Waals surface area contributed by atoms with Crippen LogP contribution < -0.4 is 10.2 Å². The lowest BCUT2D eigenvalue weighted by Crippen LogP contribution is -2.23. The van der Waals surface area contributed by atoms with Gasteiger partial charge in [-0.1, -0.05) is 47.9 Å². The van der Waals surface area contributed by atoms with Gasteiger partial charge in [-0.05, 0) is 30.4 Å². The summed E-state index contributed by atoms with van der Waals surface area (Å²) >= 11 is 4.53. The molecule has 6 nitrogen and oxygen atoms in total. The molecule has 1 aliphatic heterocycles. The summed E-state index contributed by atoms with van der Waals surface area (Å²) < 4.78 is 1.72. The standard InChI is InChI=1S/C16H18N4O2S3/c1-2-23-15-18-19-16(25-15)24-10-13(21)17-11-5-3-6-12(9-11)20-8-4-7-14(20)22/h3,5-6,9H,2,4,7-8,10H2,1H3,(H,17,21). The third kappa shape index (κ3) is 4.96. The molecule has 3 rings (SSSR count). The molecule has 0 bridgehead atoms. The predicted octanol–water partition coefficient (Wildman–Crippen LogP) is 3.51. The van der Waals surface area contributed by atoms with Crippen LogP contribution in [0.25, 0.3) is 0 Å². The second-order valence-corrected chi connectivity index (χ2v) is 9.01. The predicted molar refractivity (Wildman–Crippen MR) is 104 cm³/mol. The van der Waals surface area contributed by atoms with Crippen molar-refractivity contribution in [1.29, 1.82) is 0 Å². The van der Waals surface area contributed by atoms with Crippen molar-refractivity contribution in [3.8, 4) is 0 Å². The fraction of sp³-hybridized carbons (Fsp3) is 0.375. The van der Waals surface area contributed by atoms with E-state index in [0.717, 1.165) is 33.1 Å². The Morgan fingerprint density at radius 1 is 1.32 bits per heavy atom. The Hall–Kier alpha value is -1.58. The van der Waals surface area contributed by atoms with Gasteiger partial charge in [0, 0.05) is 24.3 Å². The first-order valence-corrected chi connectivity index (χ1v) is 10.7. The van der Waals surface area contributed by atoms with Gasteiger partial charge in [0.15, 0.2) is 8.68 Å². The summed E-state index contributed by atoms with van der Waals surface area (Å²) in [6.07, 6.45) is 1.47. The summed E-state index contributed by atoms with van der Waals surface area (Å²) in [5.74, 6) is 1.26. The Labute approximate surface area is 158 Å². The third-order valence-corrected chi connectivity index (χ3v) is 6.57. The number of nitrogens with one attached hydrogen (secondary N) is 1. The van der Waals surface area contributed by atoms with Crippen molar-refractivity contribution in [2.75, 3.05) is 28.3 Å². The van der Waals surface area contributed by atoms with Crippen LogP contribution in [0.4, 0.5) is 11.4 Å². The van der Waals surface area contributed by atoms with Gasteiger partial charge in [0.05, 0.1) is 5.75 Å². The van der Waals surface area contributed by atoms with Crippen molar-refractivity contribution < 1.29 is 9.59 Å². The Bertz CT molecular complexity index is 765. The lowest BCUT2D eigenvalue weighted by Gasteiger charge is -2.16. The van der Waals surface area contributed by atoms with Crippen molar-refractivity contribution in [3.05, 3.63) is 24.3 Å². The summed E-state index contributed by atoms with van der Waals surface area (Å²) in [5, 5.41) is 11.0. The van der Waals surface area contributed by atoms with Gasteiger partial charge >= 0.3 is 0 Å². The van der Waals surface area contributed by atoms with E-state index in [2.05, 4.69) is 22.4 Å². The van der Waals surface area contributed by atoms with Gasteiger partial charge in [-0.15, -0.1) is 10.2 Å². The summed E-state index contributed by atoms with van der Waals surface area (Å²) in [5.41, 5.74) is 1.53. The number of carbonyl (C=O) groups is 2. The molecule has 1 aromatic heterocycles. The highest BCUT2D eigenvalue weighted by Gasteiger charge is 2.21. The number of hydrogen-bond donors (Lipinski definition) is 1. The van der Waals surface area contributed by atoms with Crippen LogP contribution in [0.5, 0.6) is 0 Å². The van der Waals surface area contributed by atoms with Gasteiger partial charge in [-0.3, -0.25) is 9.59 Å². The quantitative estimate of drug-likeness (QED) is 0.725. The molecule has 0 radical (unpaired) electrons. The van der Waals surface area contributed by atoms with E-state index in [-0.39, 0.29) is 17.6 Å². The molecule has 1 saturated heterocycles. The average Bonchev–Trinajstić information content (AvgIpc) is 3.22. The van der Waals surface area contributed by atoms with Gasteiger partial charge in [0.1, 0.15) is 0 Å². The molecule has 1 fully saturated rings. The molecule has 132 valence electrons. The van der Waals surface area contributed by atoms with Gasteiger partial charge in [0.2, 0.25) is 11.8 Å². The number of hydrogen-bond acceptors (Lipinski definition) is 7. The Morgan fingerprint density at radius 3 is 2.84 bits per heavy atom. The summed E-state index contributed by atoms with van der Waals surface area (Å²) in [7, 11) is 0. The molecule has 9 heteroatoms. The molecule has 0 spiro atoms. The Morgan fingerprint density at radius 2 is 2.12 bits per heavy atom. The molecule has 2 aromatic rings. The first-order valence-electron chi connectivity index (χ1n) is 7.95. The van der Waals surface area contributed by atoms with Gasteiger partial charge in [-0.2, -0.15) is 0 Å². The van der Waals surface area contributed by atoms with Crippen LogP contribution in [0.1, 0.15) is 19.8 Å². The van der Waals surface area contributed by atoms with E-state index < -0.39 is 0 Å². The van der Waals surface area contributed by atoms with Gasteiger partial charge in [-0.25, -0.2) is 0 Å². The third-order valence-electron chi connectivity index (χ3n) is 3.50. The van der Waals surface area contributed by atoms with Crippen LogP contribution in [0, 0.1) is 0 Å². The zero-order valence-corrected chi connectivity index (χ0v) is 16.2. The van der Waals surface area contributed by atoms with E-state index in [9.17, 15) is 9.59 Å². The molecule has 0 unspecified atom stereocenters. The van der Waals surface area contributed by atoms with Crippen molar-refractivity contribution in [1.82, 2.24) is 10.2 Å². The SMILES string of the molecule is CCSc1nnc(SCC(=O)Nc2cccc(N3CCCC3=O)c2)s1. The van der Waals surface area contributed by atoms with Crippen LogP contribution in [0.2, 0.25) is 0 Å². The molecule has 2 amide bonds. The van der Waals surface area contributed by atoms with E-state index in [1.165, 1.54) is 23.1 Å². The average molecular weight is 395 g/mol. The van der Waals surface area contributed by atoms with Crippen molar-refractivity contribution in [2.24, 2.45) is 0 Å². The first kappa shape index (κ1) is 18.2. The van der Waals surface area contributed by atoms with E-state index in [0.29, 0.717) is 12.1 Å². The minimum atomic E-state index is -0.102. The number of anilines is 2. The number of rotatable bonds is 7. The maximum atomic E-state index is 12.2. The molecule has 25 heavy (non-hydrogen) atoms. The molecule has 1 N–H and O–H groups in total. The number of aromatic nitrogens is 2. The highest BCUT2D eigenvalue weighted by atomic mass is 32.2. The molecular formula is C16H18N4O2S3. The molecule has 2 heterocycles. The van der Waals surface area contributed by atoms with E-state index in [4.69, 9.17) is 0 Å². The molecular weight excluding hydrogens is 376 g/mol. The molecule has 1 aliphatic rings. The fourth-order valence-corrected chi connectivity index (χ4v) is 5.15. The van der Waals surface area contributed by atoms with E-state index in [1.54, 1.807) is 16.7 Å². The Balaban J connectivity index is 1.54. The van der Waals surface area contributed by atoms with Crippen LogP contribution >= 0.6 is 34.9 Å². The fourth-order valence-electron chi connectivity index (χ4n) is 2.43. The number of benzene rings is 1. The number of nitrogens with zero attached hydrogens (tertiary/aromatic N) is 3. The maximum Gasteiger partial charge on any atom is 0.234 e. The van der Waals surface area contributed by atoms with Crippen LogP contribution in [-0.2, 0) is 9.59 Å². The lowest BCUT2D eigenvalue weighted by molar-refractivity contribution is -0.117. The highest BCUT2D eigenvalue weighted by Crippen LogP contribution is 2.29. The van der Waals surface area contributed by atoms with E-state index >= 15 is 0 Å². The maximum absolute atomic E-state index is 12.2. The minimum Gasteiger partial charge on any atom is -0.325 e. The summed E-state index contributed by atoms with van der Waals surface area (Å²) in [4.78, 5) is 25.8. The van der Waals surface area contributed by atoms with E-state index in [1.807, 2.05) is 24.3 Å². The largest absolute Gasteiger partial charge is 0.325 e. The zero-order chi connectivity index (χ0) is 17.6. The van der Waals surface area contributed by atoms with Crippen LogP contribution in [-0.4, -0.2) is 40.1 Å². The van der Waals surface area contributed by atoms with Crippen molar-refractivity contribution in [3.63, 3.8) is 0 Å². The van der Waals surface area contributed by atoms with Crippen molar-refractivity contribution in [2.45, 2.75) is 28.4 Å². The number of amides is 2. The second-order valence-electron chi connectivity index (χ2n) is 5.30. The number of thioether (sulfide) groups is 2. The van der Waals surface area contributed by atoms with Crippen molar-refractivity contribution >= 4 is 58.0 Å². The smallest absolute Gasteiger partial charge is 0.234 e. The second kappa shape index (κ2) is 8.68. The molecule has 0 atom stereocenters. The molecule has 1 aromatic carbocycles. The molecule has 0 aliphatic carbocycles. The number of carbonyl (C=O) groups excluding carboxylic acids is 2. The van der Waals surface area contributed by atoms with Gasteiger partial charge < -0.3 is 10.2 Å². The zero-order valence-electron chi connectivity index (χ0n) is 13.7. The van der Waals surface area contributed by atoms with Crippen LogP contribution in [0.15, 0.2) is 32.9 Å². The lowest BCUT2D eigenvalue weighted by atomic mass is 10.2. The molecule has 0 saturated carbocycles. The summed E-state index contributed by atoms with van der Waals surface area (Å²) in [6, 6.07) is 7.41. The van der Waals surface area contributed by atoms with Crippen LogP contribution in [0.3, 0.4) is 0 Å². The Kier molecular flexibility index (Phi) is 6.33. The highest BCUT2D eigenvalue weighted by molar-refractivity contribution is 8.03. The first-order chi connectivity index (χ1) is 12.2. The monoisotopic (exact) mass is 394 g/mol. The topological polar surface area (TPSA) is 75.2 Å². The van der Waals surface area contributed by atoms with Gasteiger partial charge in [0.25, 0.3) is 0 Å².